The van der Waals surface area contributed by atoms with Crippen LogP contribution >= 0.6 is 11.3 Å². The van der Waals surface area contributed by atoms with Gasteiger partial charge in [-0.3, -0.25) is 4.79 Å². The molecule has 1 aromatic carbocycles. The number of carbonyl (C=O) groups excluding carboxylic acids is 2. The van der Waals surface area contributed by atoms with E-state index in [-0.39, 0.29) is 12.3 Å². The summed E-state index contributed by atoms with van der Waals surface area (Å²) in [5.41, 5.74) is 0.836. The van der Waals surface area contributed by atoms with Gasteiger partial charge in [-0.2, -0.15) is 0 Å². The number of amides is 1. The van der Waals surface area contributed by atoms with E-state index >= 15 is 0 Å². The minimum atomic E-state index is -1.28. The summed E-state index contributed by atoms with van der Waals surface area (Å²) in [5.74, 6) is -1.67. The zero-order valence-corrected chi connectivity index (χ0v) is 10.9. The molecule has 5 heteroatoms. The molecule has 0 aliphatic rings. The van der Waals surface area contributed by atoms with Gasteiger partial charge in [-0.1, -0.05) is 36.4 Å². The zero-order valence-electron chi connectivity index (χ0n) is 10.0. The van der Waals surface area contributed by atoms with Crippen molar-refractivity contribution in [2.24, 2.45) is 0 Å². The molecule has 4 nitrogen and oxygen atoms in total. The van der Waals surface area contributed by atoms with Gasteiger partial charge < -0.3 is 15.2 Å². The summed E-state index contributed by atoms with van der Waals surface area (Å²) in [5, 5.41) is 15.3. The quantitative estimate of drug-likeness (QED) is 0.878. The van der Waals surface area contributed by atoms with E-state index in [4.69, 9.17) is 0 Å². The fourth-order valence-electron chi connectivity index (χ4n) is 1.68. The maximum atomic E-state index is 11.8. The first-order valence-corrected chi connectivity index (χ1v) is 6.64. The molecule has 1 amide bonds. The maximum absolute atomic E-state index is 11.8. The van der Waals surface area contributed by atoms with E-state index in [2.05, 4.69) is 5.32 Å². The highest BCUT2D eigenvalue weighted by molar-refractivity contribution is 7.12. The van der Waals surface area contributed by atoms with Crippen molar-refractivity contribution >= 4 is 23.2 Å². The molecule has 0 unspecified atom stereocenters. The van der Waals surface area contributed by atoms with Crippen LogP contribution in [0.15, 0.2) is 47.8 Å². The van der Waals surface area contributed by atoms with Crippen molar-refractivity contribution in [3.05, 3.63) is 58.3 Å². The number of hydrogen-bond acceptors (Lipinski definition) is 4. The van der Waals surface area contributed by atoms with Crippen LogP contribution < -0.4 is 10.4 Å². The van der Waals surface area contributed by atoms with Crippen LogP contribution in [0.4, 0.5) is 0 Å². The number of thiophene rings is 1. The first-order valence-electron chi connectivity index (χ1n) is 5.76. The molecule has 1 heterocycles. The lowest BCUT2D eigenvalue weighted by molar-refractivity contribution is -0.308. The van der Waals surface area contributed by atoms with Crippen LogP contribution in [-0.2, 0) is 11.2 Å². The standard InChI is InChI=1S/C14H13NO3S/c16-13(12-7-4-8-19-12)15-11(14(17)18)9-10-5-2-1-3-6-10/h1-8,11H,9H2,(H,15,16)(H,17,18)/p-1/t11-/m0/s1. The van der Waals surface area contributed by atoms with Crippen molar-refractivity contribution in [2.75, 3.05) is 0 Å². The van der Waals surface area contributed by atoms with Crippen LogP contribution in [-0.4, -0.2) is 17.9 Å². The molecule has 0 spiro atoms. The number of carboxylic acids is 1. The Morgan fingerprint density at radius 1 is 1.16 bits per heavy atom. The number of carboxylic acid groups (broad SMARTS) is 1. The number of rotatable bonds is 5. The minimum Gasteiger partial charge on any atom is -0.548 e. The third-order valence-corrected chi connectivity index (χ3v) is 3.49. The summed E-state index contributed by atoms with van der Waals surface area (Å²) >= 11 is 1.27. The Balaban J connectivity index is 2.05. The van der Waals surface area contributed by atoms with Gasteiger partial charge in [0.05, 0.1) is 16.9 Å². The molecule has 1 aromatic heterocycles. The van der Waals surface area contributed by atoms with E-state index in [0.29, 0.717) is 4.88 Å². The fraction of sp³-hybridized carbons (Fsp3) is 0.143. The van der Waals surface area contributed by atoms with Crippen LogP contribution in [0.5, 0.6) is 0 Å². The predicted octanol–water partition coefficient (Wildman–Crippen LogP) is 0.839. The largest absolute Gasteiger partial charge is 0.548 e. The van der Waals surface area contributed by atoms with Crippen molar-refractivity contribution in [3.63, 3.8) is 0 Å². The Labute approximate surface area is 114 Å². The lowest BCUT2D eigenvalue weighted by Crippen LogP contribution is -2.49. The Kier molecular flexibility index (Phi) is 4.30. The molecule has 98 valence electrons. The van der Waals surface area contributed by atoms with Crippen molar-refractivity contribution < 1.29 is 14.7 Å². The van der Waals surface area contributed by atoms with Gasteiger partial charge in [-0.25, -0.2) is 0 Å². The highest BCUT2D eigenvalue weighted by Crippen LogP contribution is 2.09. The lowest BCUT2D eigenvalue weighted by Gasteiger charge is -2.19. The van der Waals surface area contributed by atoms with Gasteiger partial charge in [0.15, 0.2) is 0 Å². The number of hydrogen-bond donors (Lipinski definition) is 1. The van der Waals surface area contributed by atoms with Crippen LogP contribution in [0.3, 0.4) is 0 Å². The van der Waals surface area contributed by atoms with Crippen molar-refractivity contribution in [2.45, 2.75) is 12.5 Å². The van der Waals surface area contributed by atoms with Gasteiger partial charge in [0.1, 0.15) is 0 Å². The molecule has 0 radical (unpaired) electrons. The van der Waals surface area contributed by atoms with Gasteiger partial charge in [-0.15, -0.1) is 11.3 Å². The van der Waals surface area contributed by atoms with Crippen LogP contribution in [0.25, 0.3) is 0 Å². The highest BCUT2D eigenvalue weighted by Gasteiger charge is 2.15. The third kappa shape index (κ3) is 3.66. The fourth-order valence-corrected chi connectivity index (χ4v) is 2.31. The lowest BCUT2D eigenvalue weighted by atomic mass is 10.1. The van der Waals surface area contributed by atoms with Gasteiger partial charge in [0.2, 0.25) is 0 Å². The molecule has 0 saturated carbocycles. The van der Waals surface area contributed by atoms with E-state index in [1.54, 1.807) is 17.5 Å². The monoisotopic (exact) mass is 274 g/mol. The number of nitrogens with one attached hydrogen (secondary N) is 1. The smallest absolute Gasteiger partial charge is 0.261 e. The normalized spacial score (nSPS) is 11.8. The van der Waals surface area contributed by atoms with E-state index in [1.807, 2.05) is 30.3 Å². The summed E-state index contributed by atoms with van der Waals surface area (Å²) in [6.45, 7) is 0. The van der Waals surface area contributed by atoms with E-state index in [9.17, 15) is 14.7 Å². The Morgan fingerprint density at radius 3 is 2.47 bits per heavy atom. The van der Waals surface area contributed by atoms with Gasteiger partial charge in [-0.05, 0) is 23.4 Å². The molecule has 0 aliphatic heterocycles. The average molecular weight is 274 g/mol. The summed E-state index contributed by atoms with van der Waals surface area (Å²) in [6.07, 6.45) is 0.209. The van der Waals surface area contributed by atoms with Crippen molar-refractivity contribution in [1.29, 1.82) is 0 Å². The Morgan fingerprint density at radius 2 is 1.89 bits per heavy atom. The first-order chi connectivity index (χ1) is 9.16. The van der Waals surface area contributed by atoms with Crippen LogP contribution in [0.2, 0.25) is 0 Å². The van der Waals surface area contributed by atoms with Gasteiger partial charge in [0.25, 0.3) is 5.91 Å². The topological polar surface area (TPSA) is 69.2 Å². The molecular weight excluding hydrogens is 262 g/mol. The molecule has 19 heavy (non-hydrogen) atoms. The third-order valence-electron chi connectivity index (χ3n) is 2.62. The summed E-state index contributed by atoms with van der Waals surface area (Å²) in [7, 11) is 0. The molecule has 2 rings (SSSR count). The molecule has 1 N–H and O–H groups in total. The molecule has 0 saturated heterocycles. The van der Waals surface area contributed by atoms with Crippen molar-refractivity contribution in [3.8, 4) is 0 Å². The molecular formula is C14H12NO3S-. The predicted molar refractivity (Wildman–Crippen MR) is 70.7 cm³/mol. The average Bonchev–Trinajstić information content (AvgIpc) is 2.93. The molecule has 2 aromatic rings. The number of benzene rings is 1. The Bertz CT molecular complexity index is 551. The summed E-state index contributed by atoms with van der Waals surface area (Å²) in [4.78, 5) is 23.4. The number of aliphatic carboxylic acids is 1. The summed E-state index contributed by atoms with van der Waals surface area (Å²) < 4.78 is 0. The summed E-state index contributed by atoms with van der Waals surface area (Å²) in [6, 6.07) is 11.5. The SMILES string of the molecule is O=C(N[C@@H](Cc1ccccc1)C(=O)[O-])c1cccs1. The maximum Gasteiger partial charge on any atom is 0.261 e. The molecule has 0 aliphatic carbocycles. The van der Waals surface area contributed by atoms with E-state index in [0.717, 1.165) is 5.56 Å². The number of carbonyl (C=O) groups is 2. The van der Waals surface area contributed by atoms with E-state index in [1.165, 1.54) is 11.3 Å². The first kappa shape index (κ1) is 13.3. The second-order valence-electron chi connectivity index (χ2n) is 4.01. The van der Waals surface area contributed by atoms with Crippen molar-refractivity contribution in [1.82, 2.24) is 5.32 Å². The van der Waals surface area contributed by atoms with Crippen LogP contribution in [0, 0.1) is 0 Å². The van der Waals surface area contributed by atoms with Gasteiger partial charge >= 0.3 is 0 Å². The second kappa shape index (κ2) is 6.15. The zero-order chi connectivity index (χ0) is 13.7. The second-order valence-corrected chi connectivity index (χ2v) is 4.96. The van der Waals surface area contributed by atoms with Crippen LogP contribution in [0.1, 0.15) is 15.2 Å². The minimum absolute atomic E-state index is 0.209. The Hall–Kier alpha value is -2.14. The molecule has 0 fully saturated rings. The molecule has 0 bridgehead atoms. The molecule has 1 atom stereocenters. The van der Waals surface area contributed by atoms with Gasteiger partial charge in [0, 0.05) is 0 Å². The van der Waals surface area contributed by atoms with E-state index < -0.39 is 12.0 Å². The highest BCUT2D eigenvalue weighted by atomic mass is 32.1.